The molecule has 0 aliphatic carbocycles. The van der Waals surface area contributed by atoms with Gasteiger partial charge in [0.25, 0.3) is 5.56 Å². The average Bonchev–Trinajstić information content (AvgIpc) is 2.86. The van der Waals surface area contributed by atoms with Crippen LogP contribution in [0.2, 0.25) is 5.02 Å². The minimum atomic E-state index is -0.606. The highest BCUT2D eigenvalue weighted by Crippen LogP contribution is 2.38. The highest BCUT2D eigenvalue weighted by atomic mass is 35.5. The first-order valence-electron chi connectivity index (χ1n) is 11.0. The fraction of sp³-hybridized carbons (Fsp3) is 0.192. The predicted octanol–water partition coefficient (Wildman–Crippen LogP) is 5.47. The van der Waals surface area contributed by atoms with Gasteiger partial charge in [0, 0.05) is 6.42 Å². The van der Waals surface area contributed by atoms with Crippen LogP contribution in [0.1, 0.15) is 26.1 Å². The van der Waals surface area contributed by atoms with Crippen LogP contribution in [0.25, 0.3) is 16.6 Å². The molecule has 3 aromatic carbocycles. The van der Waals surface area contributed by atoms with Crippen molar-refractivity contribution in [1.29, 1.82) is 0 Å². The highest BCUT2D eigenvalue weighted by Gasteiger charge is 2.19. The number of nitrogens with zero attached hydrogens (tertiary/aromatic N) is 2. The van der Waals surface area contributed by atoms with Crippen molar-refractivity contribution in [2.75, 3.05) is 6.61 Å². The Labute approximate surface area is 205 Å². The summed E-state index contributed by atoms with van der Waals surface area (Å²) in [6, 6.07) is 15.8. The molecule has 9 heteroatoms. The smallest absolute Gasteiger partial charge is 0.311 e. The Balaban J connectivity index is 1.80. The van der Waals surface area contributed by atoms with Gasteiger partial charge in [-0.05, 0) is 49.4 Å². The summed E-state index contributed by atoms with van der Waals surface area (Å²) in [5, 5.41) is 0.250. The first kappa shape index (κ1) is 24.2. The maximum absolute atomic E-state index is 13.8. The molecule has 0 amide bonds. The topological polar surface area (TPSA) is 79.7 Å². The molecule has 0 unspecified atom stereocenters. The van der Waals surface area contributed by atoms with Crippen molar-refractivity contribution in [3.8, 4) is 22.9 Å². The summed E-state index contributed by atoms with van der Waals surface area (Å²) in [4.78, 5) is 30.0. The van der Waals surface area contributed by atoms with Crippen LogP contribution in [0.15, 0.2) is 65.5 Å². The van der Waals surface area contributed by atoms with Crippen molar-refractivity contribution >= 4 is 28.5 Å². The summed E-state index contributed by atoms with van der Waals surface area (Å²) >= 11 is 5.99. The minimum absolute atomic E-state index is 0.132. The second-order valence-electron chi connectivity index (χ2n) is 7.42. The van der Waals surface area contributed by atoms with E-state index in [2.05, 4.69) is 4.98 Å². The number of esters is 1. The number of hydrogen-bond donors (Lipinski definition) is 0. The van der Waals surface area contributed by atoms with E-state index in [1.807, 2.05) is 6.92 Å². The number of halogens is 2. The summed E-state index contributed by atoms with van der Waals surface area (Å²) in [6.07, 6.45) is 0.164. The monoisotopic (exact) mass is 496 g/mol. The van der Waals surface area contributed by atoms with Crippen molar-refractivity contribution in [2.45, 2.75) is 26.9 Å². The summed E-state index contributed by atoms with van der Waals surface area (Å²) in [6.45, 7) is 3.68. The van der Waals surface area contributed by atoms with Gasteiger partial charge in [-0.15, -0.1) is 0 Å². The number of carbonyl (C=O) groups excluding carboxylic acids is 1. The van der Waals surface area contributed by atoms with Gasteiger partial charge >= 0.3 is 5.97 Å². The van der Waals surface area contributed by atoms with Crippen molar-refractivity contribution in [2.24, 2.45) is 0 Å². The van der Waals surface area contributed by atoms with E-state index < -0.39 is 11.8 Å². The SMILES string of the molecule is CCOc1cccc(OCc2nc3ccccc3c(=O)n2-c2ccc(F)c(Cl)c2)c1OC(=O)CC. The van der Waals surface area contributed by atoms with E-state index in [0.29, 0.717) is 28.9 Å². The van der Waals surface area contributed by atoms with Gasteiger partial charge in [0.05, 0.1) is 28.2 Å². The summed E-state index contributed by atoms with van der Waals surface area (Å²) < 4.78 is 32.2. The van der Waals surface area contributed by atoms with Crippen LogP contribution < -0.4 is 19.8 Å². The maximum Gasteiger partial charge on any atom is 0.311 e. The molecule has 4 aromatic rings. The van der Waals surface area contributed by atoms with Gasteiger partial charge in [-0.2, -0.15) is 0 Å². The molecule has 1 aromatic heterocycles. The minimum Gasteiger partial charge on any atom is -0.490 e. The molecule has 180 valence electrons. The lowest BCUT2D eigenvalue weighted by Crippen LogP contribution is -2.25. The van der Waals surface area contributed by atoms with E-state index in [9.17, 15) is 14.0 Å². The number of ether oxygens (including phenoxy) is 3. The number of carbonyl (C=O) groups is 1. The zero-order valence-electron chi connectivity index (χ0n) is 19.1. The molecule has 1 heterocycles. The average molecular weight is 497 g/mol. The van der Waals surface area contributed by atoms with E-state index in [-0.39, 0.29) is 40.9 Å². The molecule has 0 aliphatic heterocycles. The van der Waals surface area contributed by atoms with E-state index in [1.54, 1.807) is 49.4 Å². The third-order valence-corrected chi connectivity index (χ3v) is 5.40. The lowest BCUT2D eigenvalue weighted by molar-refractivity contribution is -0.134. The molecule has 0 bridgehead atoms. The molecular weight excluding hydrogens is 475 g/mol. The Bertz CT molecular complexity index is 1450. The van der Waals surface area contributed by atoms with Crippen molar-refractivity contribution in [3.63, 3.8) is 0 Å². The second-order valence-corrected chi connectivity index (χ2v) is 7.82. The largest absolute Gasteiger partial charge is 0.490 e. The van der Waals surface area contributed by atoms with Crippen LogP contribution in [0.5, 0.6) is 17.2 Å². The molecule has 4 rings (SSSR count). The van der Waals surface area contributed by atoms with Crippen molar-refractivity contribution < 1.29 is 23.4 Å². The van der Waals surface area contributed by atoms with Crippen LogP contribution in [0.4, 0.5) is 4.39 Å². The summed E-state index contributed by atoms with van der Waals surface area (Å²) in [7, 11) is 0. The van der Waals surface area contributed by atoms with Crippen LogP contribution in [0.3, 0.4) is 0 Å². The fourth-order valence-corrected chi connectivity index (χ4v) is 3.65. The lowest BCUT2D eigenvalue weighted by atomic mass is 10.2. The number of rotatable bonds is 8. The van der Waals surface area contributed by atoms with Crippen LogP contribution in [0, 0.1) is 5.82 Å². The highest BCUT2D eigenvalue weighted by molar-refractivity contribution is 6.30. The van der Waals surface area contributed by atoms with E-state index >= 15 is 0 Å². The first-order valence-corrected chi connectivity index (χ1v) is 11.4. The number of para-hydroxylation sites is 2. The van der Waals surface area contributed by atoms with Gasteiger partial charge in [-0.25, -0.2) is 9.37 Å². The Morgan fingerprint density at radius 1 is 1.03 bits per heavy atom. The molecule has 0 fully saturated rings. The Morgan fingerprint density at radius 3 is 2.49 bits per heavy atom. The Hall–Kier alpha value is -3.91. The molecular formula is C26H22ClFN2O5. The molecule has 0 saturated carbocycles. The second kappa shape index (κ2) is 10.6. The number of hydrogen-bond acceptors (Lipinski definition) is 6. The fourth-order valence-electron chi connectivity index (χ4n) is 3.47. The number of aromatic nitrogens is 2. The van der Waals surface area contributed by atoms with Crippen molar-refractivity contribution in [3.05, 3.63) is 87.7 Å². The van der Waals surface area contributed by atoms with Gasteiger partial charge < -0.3 is 14.2 Å². The van der Waals surface area contributed by atoms with Crippen LogP contribution in [-0.4, -0.2) is 22.1 Å². The van der Waals surface area contributed by atoms with Gasteiger partial charge in [0.15, 0.2) is 17.3 Å². The standard InChI is InChI=1S/C26H22ClFN2O5/c1-3-24(31)35-25-21(33-4-2)10-7-11-22(25)34-15-23-29-20-9-6-5-8-17(20)26(32)30(23)16-12-13-19(28)18(27)14-16/h5-14H,3-4,15H2,1-2H3. The van der Waals surface area contributed by atoms with Crippen LogP contribution >= 0.6 is 11.6 Å². The maximum atomic E-state index is 13.8. The Morgan fingerprint density at radius 2 is 1.77 bits per heavy atom. The molecule has 0 radical (unpaired) electrons. The third kappa shape index (κ3) is 5.12. The molecule has 0 saturated heterocycles. The zero-order chi connectivity index (χ0) is 24.9. The summed E-state index contributed by atoms with van der Waals surface area (Å²) in [5.74, 6) is -0.0923. The van der Waals surface area contributed by atoms with E-state index in [1.165, 1.54) is 22.8 Å². The van der Waals surface area contributed by atoms with Crippen molar-refractivity contribution in [1.82, 2.24) is 9.55 Å². The normalized spacial score (nSPS) is 10.9. The lowest BCUT2D eigenvalue weighted by Gasteiger charge is -2.17. The molecule has 0 N–H and O–H groups in total. The Kier molecular flexibility index (Phi) is 7.31. The quantitative estimate of drug-likeness (QED) is 0.238. The molecule has 35 heavy (non-hydrogen) atoms. The van der Waals surface area contributed by atoms with Gasteiger partial charge in [-0.3, -0.25) is 14.2 Å². The molecule has 0 atom stereocenters. The van der Waals surface area contributed by atoms with Gasteiger partial charge in [0.2, 0.25) is 5.75 Å². The third-order valence-electron chi connectivity index (χ3n) is 5.11. The molecule has 7 nitrogen and oxygen atoms in total. The number of fused-ring (bicyclic) bond motifs is 1. The van der Waals surface area contributed by atoms with E-state index in [0.717, 1.165) is 0 Å². The molecule has 0 aliphatic rings. The van der Waals surface area contributed by atoms with Gasteiger partial charge in [0.1, 0.15) is 12.4 Å². The summed E-state index contributed by atoms with van der Waals surface area (Å²) in [5.41, 5.74) is 0.442. The van der Waals surface area contributed by atoms with Gasteiger partial charge in [-0.1, -0.05) is 36.7 Å². The molecule has 0 spiro atoms. The first-order chi connectivity index (χ1) is 16.9. The zero-order valence-corrected chi connectivity index (χ0v) is 19.8. The number of benzene rings is 3. The van der Waals surface area contributed by atoms with Crippen LogP contribution in [-0.2, 0) is 11.4 Å². The predicted molar refractivity (Wildman–Crippen MR) is 130 cm³/mol. The van der Waals surface area contributed by atoms with E-state index in [4.69, 9.17) is 25.8 Å².